The number of carbonyl (C=O) groups is 1. The third kappa shape index (κ3) is 2.64. The number of fused-ring (bicyclic) bond motifs is 1. The molecule has 1 aliphatic carbocycles. The van der Waals surface area contributed by atoms with Gasteiger partial charge in [-0.2, -0.15) is 11.8 Å². The zero-order valence-corrected chi connectivity index (χ0v) is 13.4. The van der Waals surface area contributed by atoms with Crippen LogP contribution in [0.25, 0.3) is 5.00 Å². The summed E-state index contributed by atoms with van der Waals surface area (Å²) in [6.45, 7) is 0.837. The molecule has 0 aromatic carbocycles. The van der Waals surface area contributed by atoms with Crippen molar-refractivity contribution in [3.8, 4) is 5.00 Å². The molecule has 2 aromatic heterocycles. The number of nitrogens with zero attached hydrogens (tertiary/aromatic N) is 1. The van der Waals surface area contributed by atoms with E-state index < -0.39 is 0 Å². The van der Waals surface area contributed by atoms with Crippen molar-refractivity contribution in [3.05, 3.63) is 40.5 Å². The zero-order chi connectivity index (χ0) is 14.2. The molecule has 110 valence electrons. The van der Waals surface area contributed by atoms with Gasteiger partial charge in [0.15, 0.2) is 0 Å². The quantitative estimate of drug-likeness (QED) is 0.936. The number of nitrogens with one attached hydrogen (secondary N) is 1. The number of hydrogen-bond donors (Lipinski definition) is 1. The van der Waals surface area contributed by atoms with Gasteiger partial charge in [0.05, 0.1) is 5.56 Å². The van der Waals surface area contributed by atoms with Crippen molar-refractivity contribution in [1.29, 1.82) is 0 Å². The molecule has 3 nitrogen and oxygen atoms in total. The van der Waals surface area contributed by atoms with Crippen LogP contribution in [0.2, 0.25) is 0 Å². The fraction of sp³-hybridized carbons (Fsp3) is 0.438. The second-order valence-corrected chi connectivity index (χ2v) is 7.92. The van der Waals surface area contributed by atoms with Gasteiger partial charge < -0.3 is 9.88 Å². The van der Waals surface area contributed by atoms with Gasteiger partial charge in [-0.05, 0) is 48.6 Å². The minimum Gasteiger partial charge on any atom is -0.352 e. The maximum Gasteiger partial charge on any atom is 0.254 e. The number of thioether (sulfide) groups is 1. The summed E-state index contributed by atoms with van der Waals surface area (Å²) in [5.41, 5.74) is 2.21. The zero-order valence-electron chi connectivity index (χ0n) is 11.8. The number of amides is 1. The molecule has 1 amide bonds. The number of aromatic nitrogens is 1. The van der Waals surface area contributed by atoms with Crippen molar-refractivity contribution >= 4 is 29.0 Å². The van der Waals surface area contributed by atoms with Crippen molar-refractivity contribution in [3.63, 3.8) is 0 Å². The molecule has 0 saturated heterocycles. The molecule has 1 fully saturated rings. The number of hydrogen-bond acceptors (Lipinski definition) is 3. The molecule has 1 N–H and O–H groups in total. The van der Waals surface area contributed by atoms with Crippen LogP contribution in [-0.2, 0) is 12.2 Å². The first-order chi connectivity index (χ1) is 10.3. The van der Waals surface area contributed by atoms with Gasteiger partial charge in [0.25, 0.3) is 5.91 Å². The lowest BCUT2D eigenvalue weighted by atomic mass is 10.1. The highest BCUT2D eigenvalue weighted by molar-refractivity contribution is 7.98. The van der Waals surface area contributed by atoms with Gasteiger partial charge in [0, 0.05) is 29.6 Å². The second-order valence-electron chi connectivity index (χ2n) is 5.73. The highest BCUT2D eigenvalue weighted by Gasteiger charge is 2.28. The van der Waals surface area contributed by atoms with Crippen LogP contribution in [0, 0.1) is 5.92 Å². The average molecular weight is 318 g/mol. The standard InChI is InChI=1S/C16H18N2OS2/c19-15(17-9-11-3-4-11)14-12-5-8-20-10-13(12)21-16(14)18-6-1-2-7-18/h1-2,6-7,11H,3-5,8-10H2,(H,17,19). The summed E-state index contributed by atoms with van der Waals surface area (Å²) in [6, 6.07) is 4.03. The van der Waals surface area contributed by atoms with Crippen molar-refractivity contribution < 1.29 is 4.79 Å². The van der Waals surface area contributed by atoms with Crippen LogP contribution in [0.4, 0.5) is 0 Å². The maximum atomic E-state index is 12.7. The van der Waals surface area contributed by atoms with Crippen LogP contribution >= 0.6 is 23.1 Å². The van der Waals surface area contributed by atoms with E-state index in [-0.39, 0.29) is 5.91 Å². The largest absolute Gasteiger partial charge is 0.352 e. The molecule has 1 saturated carbocycles. The van der Waals surface area contributed by atoms with Gasteiger partial charge in [-0.3, -0.25) is 4.79 Å². The van der Waals surface area contributed by atoms with E-state index in [9.17, 15) is 4.79 Å². The van der Waals surface area contributed by atoms with Crippen LogP contribution in [0.5, 0.6) is 0 Å². The summed E-state index contributed by atoms with van der Waals surface area (Å²) in [4.78, 5) is 14.1. The van der Waals surface area contributed by atoms with Crippen molar-refractivity contribution in [2.24, 2.45) is 5.92 Å². The first-order valence-electron chi connectivity index (χ1n) is 7.47. The van der Waals surface area contributed by atoms with Gasteiger partial charge in [0.2, 0.25) is 0 Å². The minimum absolute atomic E-state index is 0.120. The van der Waals surface area contributed by atoms with E-state index in [1.807, 2.05) is 36.3 Å². The molecule has 3 heterocycles. The third-order valence-corrected chi connectivity index (χ3v) is 6.53. The Hall–Kier alpha value is -1.20. The van der Waals surface area contributed by atoms with E-state index >= 15 is 0 Å². The molecule has 0 spiro atoms. The summed E-state index contributed by atoms with van der Waals surface area (Å²) >= 11 is 3.75. The highest BCUT2D eigenvalue weighted by atomic mass is 32.2. The molecule has 4 rings (SSSR count). The Morgan fingerprint density at radius 3 is 2.90 bits per heavy atom. The van der Waals surface area contributed by atoms with Gasteiger partial charge in [-0.1, -0.05) is 0 Å². The highest BCUT2D eigenvalue weighted by Crippen LogP contribution is 2.38. The molecular formula is C16H18N2OS2. The van der Waals surface area contributed by atoms with Crippen molar-refractivity contribution in [2.45, 2.75) is 25.0 Å². The Morgan fingerprint density at radius 2 is 2.14 bits per heavy atom. The second kappa shape index (κ2) is 5.54. The summed E-state index contributed by atoms with van der Waals surface area (Å²) in [7, 11) is 0. The lowest BCUT2D eigenvalue weighted by molar-refractivity contribution is 0.0951. The first kappa shape index (κ1) is 13.5. The van der Waals surface area contributed by atoms with Crippen LogP contribution in [0.3, 0.4) is 0 Å². The Bertz CT molecular complexity index is 656. The number of thiophene rings is 1. The van der Waals surface area contributed by atoms with E-state index in [0.29, 0.717) is 5.92 Å². The molecule has 21 heavy (non-hydrogen) atoms. The average Bonchev–Trinajstić information content (AvgIpc) is 3.02. The van der Waals surface area contributed by atoms with Crippen molar-refractivity contribution in [2.75, 3.05) is 12.3 Å². The SMILES string of the molecule is O=C(NCC1CC1)c1c(-n2cccc2)sc2c1CCSC2. The van der Waals surface area contributed by atoms with Gasteiger partial charge in [0.1, 0.15) is 5.00 Å². The monoisotopic (exact) mass is 318 g/mol. The molecule has 2 aliphatic rings. The summed E-state index contributed by atoms with van der Waals surface area (Å²) in [5, 5.41) is 4.23. The fourth-order valence-corrected chi connectivity index (χ4v) is 5.20. The lowest BCUT2D eigenvalue weighted by Gasteiger charge is -2.13. The lowest BCUT2D eigenvalue weighted by Crippen LogP contribution is -2.27. The van der Waals surface area contributed by atoms with Gasteiger partial charge in [-0.15, -0.1) is 11.3 Å². The molecular weight excluding hydrogens is 300 g/mol. The Balaban J connectivity index is 1.71. The first-order valence-corrected chi connectivity index (χ1v) is 9.44. The Labute approximate surface area is 132 Å². The molecule has 0 atom stereocenters. The molecule has 0 bridgehead atoms. The van der Waals surface area contributed by atoms with Crippen LogP contribution in [0.1, 0.15) is 33.6 Å². The molecule has 0 radical (unpaired) electrons. The number of carbonyl (C=O) groups excluding carboxylic acids is 1. The van der Waals surface area contributed by atoms with Crippen LogP contribution < -0.4 is 5.32 Å². The topological polar surface area (TPSA) is 34.0 Å². The molecule has 5 heteroatoms. The van der Waals surface area contributed by atoms with Crippen LogP contribution in [-0.4, -0.2) is 22.8 Å². The van der Waals surface area contributed by atoms with E-state index in [2.05, 4.69) is 9.88 Å². The molecule has 2 aromatic rings. The number of rotatable bonds is 4. The van der Waals surface area contributed by atoms with Crippen LogP contribution in [0.15, 0.2) is 24.5 Å². The van der Waals surface area contributed by atoms with Crippen molar-refractivity contribution in [1.82, 2.24) is 9.88 Å². The van der Waals surface area contributed by atoms with E-state index in [1.54, 1.807) is 11.3 Å². The fourth-order valence-electron chi connectivity index (χ4n) is 2.75. The molecule has 0 unspecified atom stereocenters. The summed E-state index contributed by atoms with van der Waals surface area (Å²) < 4.78 is 2.08. The minimum atomic E-state index is 0.120. The predicted octanol–water partition coefficient (Wildman–Crippen LogP) is 3.47. The predicted molar refractivity (Wildman–Crippen MR) is 88.6 cm³/mol. The van der Waals surface area contributed by atoms with Gasteiger partial charge >= 0.3 is 0 Å². The van der Waals surface area contributed by atoms with Gasteiger partial charge in [-0.25, -0.2) is 0 Å². The Morgan fingerprint density at radius 1 is 1.33 bits per heavy atom. The summed E-state index contributed by atoms with van der Waals surface area (Å²) in [6.07, 6.45) is 7.61. The normalized spacial score (nSPS) is 17.5. The van der Waals surface area contributed by atoms with E-state index in [4.69, 9.17) is 0 Å². The summed E-state index contributed by atoms with van der Waals surface area (Å²) in [5.74, 6) is 3.01. The van der Waals surface area contributed by atoms with E-state index in [0.717, 1.165) is 35.0 Å². The Kier molecular flexibility index (Phi) is 3.55. The third-order valence-electron chi connectivity index (χ3n) is 4.12. The smallest absolute Gasteiger partial charge is 0.254 e. The maximum absolute atomic E-state index is 12.7. The van der Waals surface area contributed by atoms with E-state index in [1.165, 1.54) is 23.3 Å². The molecule has 1 aliphatic heterocycles.